The molecule has 2 heterocycles. The van der Waals surface area contributed by atoms with Gasteiger partial charge in [-0.05, 0) is 31.7 Å². The van der Waals surface area contributed by atoms with E-state index in [1.54, 1.807) is 17.2 Å². The molecule has 0 bridgehead atoms. The van der Waals surface area contributed by atoms with E-state index in [4.69, 9.17) is 4.74 Å². The third-order valence-corrected chi connectivity index (χ3v) is 4.59. The van der Waals surface area contributed by atoms with Gasteiger partial charge in [-0.15, -0.1) is 0 Å². The van der Waals surface area contributed by atoms with Gasteiger partial charge >= 0.3 is 0 Å². The van der Waals surface area contributed by atoms with Gasteiger partial charge in [0, 0.05) is 25.1 Å². The Balaban J connectivity index is 1.74. The second-order valence-corrected chi connectivity index (χ2v) is 6.52. The molecule has 0 radical (unpaired) electrons. The topological polar surface area (TPSA) is 64.4 Å². The van der Waals surface area contributed by atoms with Gasteiger partial charge in [0.25, 0.3) is 5.56 Å². The first-order chi connectivity index (χ1) is 12.2. The number of nitrogens with zero attached hydrogens (tertiary/aromatic N) is 3. The Morgan fingerprint density at radius 2 is 2.20 bits per heavy atom. The molecular formula is C19H25N3O3. The smallest absolute Gasteiger partial charge is 0.275 e. The van der Waals surface area contributed by atoms with Crippen LogP contribution in [0, 0.1) is 0 Å². The van der Waals surface area contributed by atoms with Crippen LogP contribution in [0.5, 0.6) is 0 Å². The summed E-state index contributed by atoms with van der Waals surface area (Å²) in [5.41, 5.74) is -0.225. The average Bonchev–Trinajstić information content (AvgIpc) is 2.65. The van der Waals surface area contributed by atoms with Crippen molar-refractivity contribution in [3.63, 3.8) is 0 Å². The molecule has 1 amide bonds. The monoisotopic (exact) mass is 343 g/mol. The standard InChI is InChI=1S/C19H25N3O3/c1-2-10-21(13-16-8-5-6-11-25-16)18(23)14-22-19(24)17-9-4-3-7-15(17)12-20-22/h3-4,7,9,12,16H,2,5-6,8,10-11,13-14H2,1H3. The molecule has 0 N–H and O–H groups in total. The molecule has 1 aromatic heterocycles. The SMILES string of the molecule is CCCN(CC1CCCCO1)C(=O)Cn1ncc2ccccc2c1=O. The fraction of sp³-hybridized carbons (Fsp3) is 0.526. The number of fused-ring (bicyclic) bond motifs is 1. The van der Waals surface area contributed by atoms with Gasteiger partial charge in [0.1, 0.15) is 6.54 Å². The number of carbonyl (C=O) groups excluding carboxylic acids is 1. The fourth-order valence-corrected chi connectivity index (χ4v) is 3.25. The number of ether oxygens (including phenoxy) is 1. The summed E-state index contributed by atoms with van der Waals surface area (Å²) in [6.45, 7) is 4.04. The summed E-state index contributed by atoms with van der Waals surface area (Å²) in [4.78, 5) is 27.1. The van der Waals surface area contributed by atoms with Crippen LogP contribution in [0.4, 0.5) is 0 Å². The zero-order valence-electron chi connectivity index (χ0n) is 14.7. The number of carbonyl (C=O) groups is 1. The first-order valence-electron chi connectivity index (χ1n) is 9.03. The average molecular weight is 343 g/mol. The molecule has 6 heteroatoms. The Morgan fingerprint density at radius 3 is 2.96 bits per heavy atom. The molecule has 1 aromatic carbocycles. The minimum atomic E-state index is -0.225. The summed E-state index contributed by atoms with van der Waals surface area (Å²) in [5.74, 6) is -0.0825. The van der Waals surface area contributed by atoms with Crippen LogP contribution >= 0.6 is 0 Å². The highest BCUT2D eigenvalue weighted by molar-refractivity contribution is 5.81. The number of aromatic nitrogens is 2. The molecule has 134 valence electrons. The van der Waals surface area contributed by atoms with E-state index in [0.717, 1.165) is 37.7 Å². The number of rotatable bonds is 6. The molecule has 0 aliphatic carbocycles. The molecule has 0 spiro atoms. The summed E-state index contributed by atoms with van der Waals surface area (Å²) in [5, 5.41) is 5.54. The van der Waals surface area contributed by atoms with E-state index in [1.165, 1.54) is 4.68 Å². The van der Waals surface area contributed by atoms with Crippen LogP contribution < -0.4 is 5.56 Å². The fourth-order valence-electron chi connectivity index (χ4n) is 3.25. The van der Waals surface area contributed by atoms with E-state index < -0.39 is 0 Å². The Kier molecular flexibility index (Phi) is 5.81. The van der Waals surface area contributed by atoms with E-state index in [9.17, 15) is 9.59 Å². The Labute approximate surface area is 147 Å². The molecule has 3 rings (SSSR count). The lowest BCUT2D eigenvalue weighted by Crippen LogP contribution is -2.43. The maximum absolute atomic E-state index is 12.7. The van der Waals surface area contributed by atoms with Crippen LogP contribution in [0.2, 0.25) is 0 Å². The molecular weight excluding hydrogens is 318 g/mol. The molecule has 1 aliphatic rings. The van der Waals surface area contributed by atoms with Crippen LogP contribution in [0.15, 0.2) is 35.3 Å². The van der Waals surface area contributed by atoms with Gasteiger partial charge < -0.3 is 9.64 Å². The van der Waals surface area contributed by atoms with Crippen molar-refractivity contribution in [3.8, 4) is 0 Å². The maximum atomic E-state index is 12.7. The maximum Gasteiger partial charge on any atom is 0.275 e. The predicted octanol–water partition coefficient (Wildman–Crippen LogP) is 2.20. The van der Waals surface area contributed by atoms with Crippen LogP contribution in [0.3, 0.4) is 0 Å². The van der Waals surface area contributed by atoms with E-state index >= 15 is 0 Å². The normalized spacial score (nSPS) is 17.6. The Bertz CT molecular complexity index is 781. The highest BCUT2D eigenvalue weighted by Gasteiger charge is 2.21. The zero-order chi connectivity index (χ0) is 17.6. The first kappa shape index (κ1) is 17.6. The van der Waals surface area contributed by atoms with Crippen molar-refractivity contribution in [1.29, 1.82) is 0 Å². The number of hydrogen-bond acceptors (Lipinski definition) is 4. The largest absolute Gasteiger partial charge is 0.376 e. The van der Waals surface area contributed by atoms with Crippen molar-refractivity contribution < 1.29 is 9.53 Å². The van der Waals surface area contributed by atoms with E-state index in [0.29, 0.717) is 18.5 Å². The third kappa shape index (κ3) is 4.25. The zero-order valence-corrected chi connectivity index (χ0v) is 14.7. The van der Waals surface area contributed by atoms with E-state index in [2.05, 4.69) is 5.10 Å². The summed E-state index contributed by atoms with van der Waals surface area (Å²) >= 11 is 0. The van der Waals surface area contributed by atoms with Crippen molar-refractivity contribution in [3.05, 3.63) is 40.8 Å². The molecule has 0 saturated carbocycles. The minimum Gasteiger partial charge on any atom is -0.376 e. The van der Waals surface area contributed by atoms with Gasteiger partial charge in [0.05, 0.1) is 17.7 Å². The van der Waals surface area contributed by atoms with Crippen molar-refractivity contribution in [2.24, 2.45) is 0 Å². The molecule has 6 nitrogen and oxygen atoms in total. The van der Waals surface area contributed by atoms with Crippen LogP contribution in [0.1, 0.15) is 32.6 Å². The van der Waals surface area contributed by atoms with Gasteiger partial charge in [-0.2, -0.15) is 5.10 Å². The van der Waals surface area contributed by atoms with Gasteiger partial charge in [-0.25, -0.2) is 4.68 Å². The molecule has 1 atom stereocenters. The Hall–Kier alpha value is -2.21. The lowest BCUT2D eigenvalue weighted by molar-refractivity contribution is -0.134. The van der Waals surface area contributed by atoms with Crippen LogP contribution in [-0.2, 0) is 16.1 Å². The van der Waals surface area contributed by atoms with Gasteiger partial charge in [-0.1, -0.05) is 25.1 Å². The van der Waals surface area contributed by atoms with Crippen LogP contribution in [0.25, 0.3) is 10.8 Å². The minimum absolute atomic E-state index is 0.0314. The van der Waals surface area contributed by atoms with Gasteiger partial charge in [-0.3, -0.25) is 9.59 Å². The van der Waals surface area contributed by atoms with Crippen molar-refractivity contribution in [2.75, 3.05) is 19.7 Å². The third-order valence-electron chi connectivity index (χ3n) is 4.59. The summed E-state index contributed by atoms with van der Waals surface area (Å²) in [7, 11) is 0. The number of amides is 1. The van der Waals surface area contributed by atoms with Gasteiger partial charge in [0.15, 0.2) is 0 Å². The van der Waals surface area contributed by atoms with Crippen LogP contribution in [-0.4, -0.2) is 46.4 Å². The molecule has 2 aromatic rings. The lowest BCUT2D eigenvalue weighted by atomic mass is 10.1. The molecule has 1 aliphatic heterocycles. The second kappa shape index (κ2) is 8.25. The molecule has 1 fully saturated rings. The second-order valence-electron chi connectivity index (χ2n) is 6.52. The Morgan fingerprint density at radius 1 is 1.36 bits per heavy atom. The number of benzene rings is 1. The summed E-state index contributed by atoms with van der Waals surface area (Å²) < 4.78 is 7.02. The van der Waals surface area contributed by atoms with E-state index in [1.807, 2.05) is 25.1 Å². The molecule has 25 heavy (non-hydrogen) atoms. The number of hydrogen-bond donors (Lipinski definition) is 0. The van der Waals surface area contributed by atoms with Crippen molar-refractivity contribution in [1.82, 2.24) is 14.7 Å². The van der Waals surface area contributed by atoms with Crippen molar-refractivity contribution >= 4 is 16.7 Å². The lowest BCUT2D eigenvalue weighted by Gasteiger charge is -2.30. The predicted molar refractivity (Wildman–Crippen MR) is 96.5 cm³/mol. The molecule has 1 saturated heterocycles. The van der Waals surface area contributed by atoms with Crippen molar-refractivity contribution in [2.45, 2.75) is 45.3 Å². The first-order valence-corrected chi connectivity index (χ1v) is 9.03. The summed E-state index contributed by atoms with van der Waals surface area (Å²) in [6, 6.07) is 7.30. The quantitative estimate of drug-likeness (QED) is 0.807. The summed E-state index contributed by atoms with van der Waals surface area (Å²) in [6.07, 6.45) is 5.84. The molecule has 1 unspecified atom stereocenters. The van der Waals surface area contributed by atoms with Gasteiger partial charge in [0.2, 0.25) is 5.91 Å². The highest BCUT2D eigenvalue weighted by Crippen LogP contribution is 2.14. The highest BCUT2D eigenvalue weighted by atomic mass is 16.5. The van der Waals surface area contributed by atoms with E-state index in [-0.39, 0.29) is 24.1 Å².